The van der Waals surface area contributed by atoms with Crippen LogP contribution in [-0.2, 0) is 14.3 Å². The van der Waals surface area contributed by atoms with E-state index in [0.717, 1.165) is 11.1 Å². The van der Waals surface area contributed by atoms with E-state index in [1.54, 1.807) is 30.3 Å². The summed E-state index contributed by atoms with van der Waals surface area (Å²) >= 11 is 5.98. The molecule has 0 spiro atoms. The Morgan fingerprint density at radius 1 is 1.16 bits per heavy atom. The molecule has 0 heterocycles. The zero-order valence-corrected chi connectivity index (χ0v) is 15.1. The summed E-state index contributed by atoms with van der Waals surface area (Å²) in [4.78, 5) is 24.0. The van der Waals surface area contributed by atoms with Gasteiger partial charge in [-0.05, 0) is 44.5 Å². The molecule has 5 nitrogen and oxygen atoms in total. The van der Waals surface area contributed by atoms with Crippen LogP contribution in [0.4, 0.5) is 5.69 Å². The van der Waals surface area contributed by atoms with Crippen LogP contribution in [0.3, 0.4) is 0 Å². The van der Waals surface area contributed by atoms with E-state index < -0.39 is 18.0 Å². The van der Waals surface area contributed by atoms with Gasteiger partial charge in [-0.15, -0.1) is 0 Å². The summed E-state index contributed by atoms with van der Waals surface area (Å²) in [5, 5.41) is 3.03. The molecule has 6 heteroatoms. The second-order valence-electron chi connectivity index (χ2n) is 5.66. The lowest BCUT2D eigenvalue weighted by molar-refractivity contribution is -0.155. The number of benzene rings is 2. The predicted octanol–water partition coefficient (Wildman–Crippen LogP) is 3.91. The highest BCUT2D eigenvalue weighted by molar-refractivity contribution is 6.33. The van der Waals surface area contributed by atoms with Crippen LogP contribution in [0.15, 0.2) is 42.5 Å². The minimum absolute atomic E-state index is 0.270. The molecule has 0 aliphatic carbocycles. The van der Waals surface area contributed by atoms with Gasteiger partial charge >= 0.3 is 5.97 Å². The van der Waals surface area contributed by atoms with E-state index >= 15 is 0 Å². The van der Waals surface area contributed by atoms with Crippen LogP contribution < -0.4 is 10.1 Å². The Morgan fingerprint density at radius 2 is 1.88 bits per heavy atom. The van der Waals surface area contributed by atoms with Crippen LogP contribution in [0.5, 0.6) is 5.75 Å². The van der Waals surface area contributed by atoms with Crippen molar-refractivity contribution in [3.8, 4) is 5.75 Å². The lowest BCUT2D eigenvalue weighted by Crippen LogP contribution is -2.31. The van der Waals surface area contributed by atoms with Crippen molar-refractivity contribution in [1.82, 2.24) is 0 Å². The molecule has 0 unspecified atom stereocenters. The van der Waals surface area contributed by atoms with Crippen molar-refractivity contribution in [3.05, 3.63) is 58.6 Å². The summed E-state index contributed by atoms with van der Waals surface area (Å²) in [6, 6.07) is 12.5. The SMILES string of the molecule is Cc1ccc(OCC(=O)O[C@H](C)C(=O)Nc2ccccc2Cl)c(C)c1. The van der Waals surface area contributed by atoms with Crippen LogP contribution in [-0.4, -0.2) is 24.6 Å². The Hall–Kier alpha value is -2.53. The summed E-state index contributed by atoms with van der Waals surface area (Å²) in [5.74, 6) is -0.481. The monoisotopic (exact) mass is 361 g/mol. The molecule has 0 aliphatic rings. The lowest BCUT2D eigenvalue weighted by atomic mass is 10.1. The Labute approximate surface area is 151 Å². The third-order valence-corrected chi connectivity index (χ3v) is 3.81. The molecule has 2 aromatic carbocycles. The van der Waals surface area contributed by atoms with Crippen LogP contribution in [0.1, 0.15) is 18.1 Å². The largest absolute Gasteiger partial charge is 0.482 e. The van der Waals surface area contributed by atoms with E-state index in [0.29, 0.717) is 16.5 Å². The van der Waals surface area contributed by atoms with Crippen molar-refractivity contribution in [3.63, 3.8) is 0 Å². The molecule has 0 saturated heterocycles. The number of rotatable bonds is 6. The number of para-hydroxylation sites is 1. The molecule has 1 amide bonds. The molecular formula is C19H20ClNO4. The van der Waals surface area contributed by atoms with E-state index in [9.17, 15) is 9.59 Å². The van der Waals surface area contributed by atoms with Gasteiger partial charge in [0.2, 0.25) is 0 Å². The third kappa shape index (κ3) is 5.50. The Morgan fingerprint density at radius 3 is 2.56 bits per heavy atom. The Bertz CT molecular complexity index is 776. The number of esters is 1. The maximum atomic E-state index is 12.1. The van der Waals surface area contributed by atoms with Gasteiger partial charge in [0, 0.05) is 0 Å². The zero-order valence-electron chi connectivity index (χ0n) is 14.3. The zero-order chi connectivity index (χ0) is 18.4. The van der Waals surface area contributed by atoms with E-state index in [2.05, 4.69) is 5.32 Å². The predicted molar refractivity (Wildman–Crippen MR) is 97.0 cm³/mol. The Balaban J connectivity index is 1.85. The van der Waals surface area contributed by atoms with Gasteiger partial charge in [0.05, 0.1) is 10.7 Å². The smallest absolute Gasteiger partial charge is 0.344 e. The number of hydrogen-bond donors (Lipinski definition) is 1. The van der Waals surface area contributed by atoms with Gasteiger partial charge in [-0.2, -0.15) is 0 Å². The molecule has 25 heavy (non-hydrogen) atoms. The number of nitrogens with one attached hydrogen (secondary N) is 1. The van der Waals surface area contributed by atoms with Crippen LogP contribution in [0.25, 0.3) is 0 Å². The second kappa shape index (κ2) is 8.53. The third-order valence-electron chi connectivity index (χ3n) is 3.49. The second-order valence-corrected chi connectivity index (χ2v) is 6.07. The van der Waals surface area contributed by atoms with Gasteiger partial charge in [-0.1, -0.05) is 41.4 Å². The summed E-state index contributed by atoms with van der Waals surface area (Å²) < 4.78 is 10.5. The van der Waals surface area contributed by atoms with Gasteiger partial charge in [0.25, 0.3) is 5.91 Å². The van der Waals surface area contributed by atoms with Crippen LogP contribution in [0.2, 0.25) is 5.02 Å². The summed E-state index contributed by atoms with van der Waals surface area (Å²) in [5.41, 5.74) is 2.50. The highest BCUT2D eigenvalue weighted by Crippen LogP contribution is 2.21. The van der Waals surface area contributed by atoms with Crippen LogP contribution >= 0.6 is 11.6 Å². The molecule has 1 atom stereocenters. The number of aryl methyl sites for hydroxylation is 2. The summed E-state index contributed by atoms with van der Waals surface area (Å²) in [6.07, 6.45) is -0.966. The molecule has 1 N–H and O–H groups in total. The molecule has 0 fully saturated rings. The molecule has 0 aliphatic heterocycles. The average Bonchev–Trinajstić information content (AvgIpc) is 2.56. The first kappa shape index (κ1) is 18.8. The molecule has 0 bridgehead atoms. The number of ether oxygens (including phenoxy) is 2. The molecular weight excluding hydrogens is 342 g/mol. The maximum Gasteiger partial charge on any atom is 0.344 e. The van der Waals surface area contributed by atoms with Crippen molar-refractivity contribution < 1.29 is 19.1 Å². The highest BCUT2D eigenvalue weighted by atomic mass is 35.5. The minimum atomic E-state index is -0.966. The summed E-state index contributed by atoms with van der Waals surface area (Å²) in [6.45, 7) is 5.09. The lowest BCUT2D eigenvalue weighted by Gasteiger charge is -2.15. The van der Waals surface area contributed by atoms with E-state index in [1.807, 2.05) is 26.0 Å². The first-order valence-corrected chi connectivity index (χ1v) is 8.19. The summed E-state index contributed by atoms with van der Waals surface area (Å²) in [7, 11) is 0. The molecule has 2 rings (SSSR count). The number of halogens is 1. The van der Waals surface area contributed by atoms with Gasteiger partial charge in [-0.25, -0.2) is 4.79 Å². The maximum absolute atomic E-state index is 12.1. The molecule has 0 aromatic heterocycles. The van der Waals surface area contributed by atoms with Crippen molar-refractivity contribution in [1.29, 1.82) is 0 Å². The van der Waals surface area contributed by atoms with Gasteiger partial charge < -0.3 is 14.8 Å². The fourth-order valence-corrected chi connectivity index (χ4v) is 2.36. The molecule has 0 radical (unpaired) electrons. The molecule has 2 aromatic rings. The van der Waals surface area contributed by atoms with Crippen molar-refractivity contribution in [2.45, 2.75) is 26.9 Å². The average molecular weight is 362 g/mol. The fraction of sp³-hybridized carbons (Fsp3) is 0.263. The number of anilines is 1. The van der Waals surface area contributed by atoms with E-state index in [4.69, 9.17) is 21.1 Å². The number of hydrogen-bond acceptors (Lipinski definition) is 4. The number of amides is 1. The van der Waals surface area contributed by atoms with E-state index in [-0.39, 0.29) is 6.61 Å². The Kier molecular flexibility index (Phi) is 6.42. The highest BCUT2D eigenvalue weighted by Gasteiger charge is 2.19. The quantitative estimate of drug-likeness (QED) is 0.792. The fourth-order valence-electron chi connectivity index (χ4n) is 2.18. The van der Waals surface area contributed by atoms with Gasteiger partial charge in [0.1, 0.15) is 5.75 Å². The number of carbonyl (C=O) groups excluding carboxylic acids is 2. The van der Waals surface area contributed by atoms with Gasteiger partial charge in [0.15, 0.2) is 12.7 Å². The topological polar surface area (TPSA) is 64.6 Å². The van der Waals surface area contributed by atoms with E-state index in [1.165, 1.54) is 6.92 Å². The minimum Gasteiger partial charge on any atom is -0.482 e. The normalized spacial score (nSPS) is 11.5. The van der Waals surface area contributed by atoms with Crippen molar-refractivity contribution >= 4 is 29.2 Å². The van der Waals surface area contributed by atoms with Crippen molar-refractivity contribution in [2.75, 3.05) is 11.9 Å². The first-order valence-electron chi connectivity index (χ1n) is 7.81. The van der Waals surface area contributed by atoms with Crippen molar-refractivity contribution in [2.24, 2.45) is 0 Å². The standard InChI is InChI=1S/C19H20ClNO4/c1-12-8-9-17(13(2)10-12)24-11-18(22)25-14(3)19(23)21-16-7-5-4-6-15(16)20/h4-10,14H,11H2,1-3H3,(H,21,23)/t14-/m1/s1. The van der Waals surface area contributed by atoms with Gasteiger partial charge in [-0.3, -0.25) is 4.79 Å². The number of carbonyl (C=O) groups is 2. The first-order chi connectivity index (χ1) is 11.9. The molecule has 132 valence electrons. The molecule has 0 saturated carbocycles. The van der Waals surface area contributed by atoms with Crippen LogP contribution in [0, 0.1) is 13.8 Å².